The first-order valence-corrected chi connectivity index (χ1v) is 6.63. The van der Waals surface area contributed by atoms with Gasteiger partial charge in [0.15, 0.2) is 0 Å². The maximum absolute atomic E-state index is 11.4. The summed E-state index contributed by atoms with van der Waals surface area (Å²) < 4.78 is 5.13. The van der Waals surface area contributed by atoms with Crippen LogP contribution in [0.3, 0.4) is 0 Å². The third-order valence-electron chi connectivity index (χ3n) is 2.79. The second-order valence-electron chi connectivity index (χ2n) is 4.06. The number of aryl methyl sites for hydroxylation is 1. The Morgan fingerprint density at radius 1 is 1.37 bits per heavy atom. The number of carboxylic acids is 1. The molecule has 0 fully saturated rings. The van der Waals surface area contributed by atoms with E-state index in [9.17, 15) is 9.90 Å². The molecule has 0 saturated carbocycles. The van der Waals surface area contributed by atoms with Crippen LogP contribution < -0.4 is 4.74 Å². The molecule has 0 unspecified atom stereocenters. The Kier molecular flexibility index (Phi) is 4.02. The van der Waals surface area contributed by atoms with Gasteiger partial charge in [-0.2, -0.15) is 0 Å². The van der Waals surface area contributed by atoms with Crippen LogP contribution in [0, 0.1) is 6.92 Å². The second kappa shape index (κ2) is 5.71. The van der Waals surface area contributed by atoms with Crippen LogP contribution in [0.1, 0.15) is 16.0 Å². The first-order valence-electron chi connectivity index (χ1n) is 5.75. The van der Waals surface area contributed by atoms with Gasteiger partial charge in [0.05, 0.1) is 12.7 Å². The smallest absolute Gasteiger partial charge is 0.336 e. The number of hydrogen-bond acceptors (Lipinski definition) is 3. The Morgan fingerprint density at radius 2 is 2.16 bits per heavy atom. The summed E-state index contributed by atoms with van der Waals surface area (Å²) in [6, 6.07) is 9.04. The molecular formula is C15H14O3S. The SMILES string of the molecule is COc1cccc(/C(=C/c2sccc2C)C(=O)O)c1. The number of rotatable bonds is 4. The van der Waals surface area contributed by atoms with Crippen molar-refractivity contribution in [2.24, 2.45) is 0 Å². The zero-order valence-electron chi connectivity index (χ0n) is 10.7. The van der Waals surface area contributed by atoms with Crippen molar-refractivity contribution in [1.29, 1.82) is 0 Å². The fraction of sp³-hybridized carbons (Fsp3) is 0.133. The van der Waals surface area contributed by atoms with Gasteiger partial charge in [-0.15, -0.1) is 11.3 Å². The predicted molar refractivity (Wildman–Crippen MR) is 77.6 cm³/mol. The number of aliphatic carboxylic acids is 1. The molecule has 19 heavy (non-hydrogen) atoms. The molecule has 1 N–H and O–H groups in total. The Balaban J connectivity index is 2.49. The topological polar surface area (TPSA) is 46.5 Å². The molecule has 0 aliphatic carbocycles. The van der Waals surface area contributed by atoms with Crippen LogP contribution in [-0.2, 0) is 4.79 Å². The van der Waals surface area contributed by atoms with Crippen molar-refractivity contribution in [3.63, 3.8) is 0 Å². The lowest BCUT2D eigenvalue weighted by Gasteiger charge is -2.05. The Bertz CT molecular complexity index is 626. The summed E-state index contributed by atoms with van der Waals surface area (Å²) in [5.41, 5.74) is 1.98. The van der Waals surface area contributed by atoms with Gasteiger partial charge < -0.3 is 9.84 Å². The average Bonchev–Trinajstić information content (AvgIpc) is 2.81. The first kappa shape index (κ1) is 13.4. The predicted octanol–water partition coefficient (Wildman–Crippen LogP) is 3.69. The normalized spacial score (nSPS) is 11.4. The molecule has 0 amide bonds. The Hall–Kier alpha value is -2.07. The second-order valence-corrected chi connectivity index (χ2v) is 5.01. The van der Waals surface area contributed by atoms with Crippen molar-refractivity contribution in [2.45, 2.75) is 6.92 Å². The van der Waals surface area contributed by atoms with E-state index in [0.29, 0.717) is 11.3 Å². The monoisotopic (exact) mass is 274 g/mol. The lowest BCUT2D eigenvalue weighted by molar-refractivity contribution is -0.130. The zero-order valence-corrected chi connectivity index (χ0v) is 11.5. The molecule has 1 aromatic heterocycles. The number of carbonyl (C=O) groups is 1. The highest BCUT2D eigenvalue weighted by molar-refractivity contribution is 7.11. The number of hydrogen-bond donors (Lipinski definition) is 1. The van der Waals surface area contributed by atoms with Gasteiger partial charge in [0, 0.05) is 4.88 Å². The molecule has 0 bridgehead atoms. The van der Waals surface area contributed by atoms with Crippen molar-refractivity contribution < 1.29 is 14.6 Å². The molecule has 0 spiro atoms. The molecule has 1 aromatic carbocycles. The van der Waals surface area contributed by atoms with Crippen LogP contribution in [0.2, 0.25) is 0 Å². The van der Waals surface area contributed by atoms with E-state index >= 15 is 0 Å². The Labute approximate surface area is 115 Å². The van der Waals surface area contributed by atoms with Gasteiger partial charge in [0.25, 0.3) is 0 Å². The summed E-state index contributed by atoms with van der Waals surface area (Å²) in [5, 5.41) is 11.3. The zero-order chi connectivity index (χ0) is 13.8. The summed E-state index contributed by atoms with van der Waals surface area (Å²) in [7, 11) is 1.56. The molecule has 2 rings (SSSR count). The molecule has 3 nitrogen and oxygen atoms in total. The van der Waals surface area contributed by atoms with Gasteiger partial charge in [-0.1, -0.05) is 12.1 Å². The van der Waals surface area contributed by atoms with Crippen molar-refractivity contribution in [2.75, 3.05) is 7.11 Å². The van der Waals surface area contributed by atoms with Gasteiger partial charge in [-0.3, -0.25) is 0 Å². The van der Waals surface area contributed by atoms with E-state index < -0.39 is 5.97 Å². The van der Waals surface area contributed by atoms with E-state index in [1.165, 1.54) is 11.3 Å². The molecule has 0 radical (unpaired) electrons. The number of benzene rings is 1. The maximum atomic E-state index is 11.4. The van der Waals surface area contributed by atoms with Crippen molar-refractivity contribution in [3.8, 4) is 5.75 Å². The molecule has 4 heteroatoms. The minimum absolute atomic E-state index is 0.268. The molecular weight excluding hydrogens is 260 g/mol. The van der Waals surface area contributed by atoms with Crippen LogP contribution in [0.4, 0.5) is 0 Å². The molecule has 2 aromatic rings. The Morgan fingerprint density at radius 3 is 2.74 bits per heavy atom. The van der Waals surface area contributed by atoms with Crippen LogP contribution >= 0.6 is 11.3 Å². The van der Waals surface area contributed by atoms with Crippen molar-refractivity contribution in [3.05, 3.63) is 51.7 Å². The number of ether oxygens (including phenoxy) is 1. The quantitative estimate of drug-likeness (QED) is 0.865. The largest absolute Gasteiger partial charge is 0.497 e. The lowest BCUT2D eigenvalue weighted by atomic mass is 10.0. The number of methoxy groups -OCH3 is 1. The van der Waals surface area contributed by atoms with Crippen LogP contribution in [0.25, 0.3) is 11.6 Å². The number of carboxylic acid groups (broad SMARTS) is 1. The standard InChI is InChI=1S/C15H14O3S/c1-10-6-7-19-14(10)9-13(15(16)17)11-4-3-5-12(8-11)18-2/h3-9H,1-2H3,(H,16,17)/b13-9-. The van der Waals surface area contributed by atoms with E-state index in [1.54, 1.807) is 37.5 Å². The highest BCUT2D eigenvalue weighted by Gasteiger charge is 2.12. The summed E-state index contributed by atoms with van der Waals surface area (Å²) >= 11 is 1.53. The summed E-state index contributed by atoms with van der Waals surface area (Å²) in [6.45, 7) is 1.97. The van der Waals surface area contributed by atoms with E-state index in [0.717, 1.165) is 10.4 Å². The van der Waals surface area contributed by atoms with E-state index in [4.69, 9.17) is 4.74 Å². The minimum atomic E-state index is -0.943. The van der Waals surface area contributed by atoms with Crippen molar-refractivity contribution >= 4 is 29.0 Å². The van der Waals surface area contributed by atoms with E-state index in [1.807, 2.05) is 18.4 Å². The molecule has 1 heterocycles. The van der Waals surface area contributed by atoms with Gasteiger partial charge in [0.2, 0.25) is 0 Å². The molecule has 0 atom stereocenters. The first-order chi connectivity index (χ1) is 9.11. The highest BCUT2D eigenvalue weighted by atomic mass is 32.1. The highest BCUT2D eigenvalue weighted by Crippen LogP contribution is 2.26. The van der Waals surface area contributed by atoms with Crippen LogP contribution in [0.5, 0.6) is 5.75 Å². The third kappa shape index (κ3) is 3.03. The minimum Gasteiger partial charge on any atom is -0.497 e. The lowest BCUT2D eigenvalue weighted by Crippen LogP contribution is -2.00. The number of thiophene rings is 1. The van der Waals surface area contributed by atoms with Crippen LogP contribution in [0.15, 0.2) is 35.7 Å². The van der Waals surface area contributed by atoms with Gasteiger partial charge >= 0.3 is 5.97 Å². The molecule has 0 saturated heterocycles. The third-order valence-corrected chi connectivity index (χ3v) is 3.75. The summed E-state index contributed by atoms with van der Waals surface area (Å²) in [5.74, 6) is -0.298. The molecule has 0 aliphatic rings. The summed E-state index contributed by atoms with van der Waals surface area (Å²) in [6.07, 6.45) is 1.71. The van der Waals surface area contributed by atoms with E-state index in [2.05, 4.69) is 0 Å². The molecule has 98 valence electrons. The van der Waals surface area contributed by atoms with E-state index in [-0.39, 0.29) is 5.57 Å². The van der Waals surface area contributed by atoms with Crippen LogP contribution in [-0.4, -0.2) is 18.2 Å². The average molecular weight is 274 g/mol. The summed E-state index contributed by atoms with van der Waals surface area (Å²) in [4.78, 5) is 12.4. The van der Waals surface area contributed by atoms with Gasteiger partial charge in [0.1, 0.15) is 5.75 Å². The van der Waals surface area contributed by atoms with Gasteiger partial charge in [-0.25, -0.2) is 4.79 Å². The molecule has 0 aliphatic heterocycles. The van der Waals surface area contributed by atoms with Gasteiger partial charge in [-0.05, 0) is 47.7 Å². The maximum Gasteiger partial charge on any atom is 0.336 e. The fourth-order valence-corrected chi connectivity index (χ4v) is 2.58. The fourth-order valence-electron chi connectivity index (χ4n) is 1.72. The van der Waals surface area contributed by atoms with Crippen molar-refractivity contribution in [1.82, 2.24) is 0 Å².